The lowest BCUT2D eigenvalue weighted by molar-refractivity contribution is 0.221. The van der Waals surface area contributed by atoms with E-state index < -0.39 is 0 Å². The summed E-state index contributed by atoms with van der Waals surface area (Å²) in [5.74, 6) is 1.68. The van der Waals surface area contributed by atoms with Crippen molar-refractivity contribution >= 4 is 43.5 Å². The molecule has 2 aliphatic heterocycles. The van der Waals surface area contributed by atoms with E-state index in [4.69, 9.17) is 20.6 Å². The smallest absolute Gasteiger partial charge is 0.229 e. The molecule has 2 N–H and O–H groups in total. The molecule has 1 aromatic heterocycles. The fourth-order valence-corrected chi connectivity index (χ4v) is 5.50. The zero-order valence-corrected chi connectivity index (χ0v) is 22.0. The Kier molecular flexibility index (Phi) is 5.96. The lowest BCUT2D eigenvalue weighted by Crippen LogP contribution is -2.39. The molecule has 3 aromatic carbocycles. The maximum atomic E-state index is 6.75. The lowest BCUT2D eigenvalue weighted by Gasteiger charge is -2.43. The molecule has 0 fully saturated rings. The van der Waals surface area contributed by atoms with Crippen LogP contribution in [0.15, 0.2) is 93.6 Å². The molecule has 2 atom stereocenters. The Morgan fingerprint density at radius 3 is 2.29 bits per heavy atom. The number of nitrogens with zero attached hydrogens (tertiary/aromatic N) is 4. The first-order valence-electron chi connectivity index (χ1n) is 11.5. The summed E-state index contributed by atoms with van der Waals surface area (Å²) in [7, 11) is 0. The Balaban J connectivity index is 1.65. The molecule has 0 saturated carbocycles. The zero-order valence-electron chi connectivity index (χ0n) is 18.8. The number of hydrogen-bond donors (Lipinski definition) is 1. The molecule has 4 aromatic rings. The van der Waals surface area contributed by atoms with Crippen molar-refractivity contribution in [1.82, 2.24) is 14.8 Å². The van der Waals surface area contributed by atoms with Gasteiger partial charge in [0, 0.05) is 26.6 Å². The molecule has 0 aliphatic carbocycles. The summed E-state index contributed by atoms with van der Waals surface area (Å²) in [6.45, 7) is 1.33. The molecule has 0 saturated heterocycles. The lowest BCUT2D eigenvalue weighted by atomic mass is 9.84. The van der Waals surface area contributed by atoms with Gasteiger partial charge in [0.05, 0.1) is 5.70 Å². The van der Waals surface area contributed by atoms with Gasteiger partial charge >= 0.3 is 0 Å². The van der Waals surface area contributed by atoms with Crippen LogP contribution in [0.1, 0.15) is 35.3 Å². The Labute approximate surface area is 220 Å². The van der Waals surface area contributed by atoms with E-state index in [2.05, 4.69) is 97.4 Å². The molecule has 35 heavy (non-hydrogen) atoms. The number of rotatable bonds is 5. The average Bonchev–Trinajstić information content (AvgIpc) is 3.37. The summed E-state index contributed by atoms with van der Waals surface area (Å²) < 4.78 is 10.8. The van der Waals surface area contributed by atoms with E-state index in [-0.39, 0.29) is 12.1 Å². The first-order chi connectivity index (χ1) is 17.2. The van der Waals surface area contributed by atoms with Crippen LogP contribution in [-0.4, -0.2) is 27.9 Å². The van der Waals surface area contributed by atoms with Gasteiger partial charge in [-0.25, -0.2) is 4.68 Å². The molecule has 3 heterocycles. The highest BCUT2D eigenvalue weighted by molar-refractivity contribution is 9.10. The van der Waals surface area contributed by atoms with E-state index in [1.165, 1.54) is 0 Å². The molecule has 0 amide bonds. The average molecular weight is 593 g/mol. The summed E-state index contributed by atoms with van der Waals surface area (Å²) in [6, 6.07) is 24.8. The predicted octanol–water partition coefficient (Wildman–Crippen LogP) is 6.11. The summed E-state index contributed by atoms with van der Waals surface area (Å²) in [5.41, 5.74) is 11.5. The summed E-state index contributed by atoms with van der Waals surface area (Å²) in [4.78, 5) is 6.97. The fourth-order valence-electron chi connectivity index (χ4n) is 4.97. The molecule has 0 radical (unpaired) electrons. The van der Waals surface area contributed by atoms with Gasteiger partial charge in [-0.3, -0.25) is 0 Å². The maximum Gasteiger partial charge on any atom is 0.229 e. The van der Waals surface area contributed by atoms with Crippen LogP contribution < -0.4 is 15.4 Å². The normalized spacial score (nSPS) is 18.5. The van der Waals surface area contributed by atoms with Crippen molar-refractivity contribution in [3.63, 3.8) is 0 Å². The van der Waals surface area contributed by atoms with Crippen LogP contribution in [0.2, 0.25) is 0 Å². The van der Waals surface area contributed by atoms with Crippen molar-refractivity contribution in [2.45, 2.75) is 18.6 Å². The van der Waals surface area contributed by atoms with E-state index in [1.807, 2.05) is 16.8 Å². The Bertz CT molecular complexity index is 1400. The van der Waals surface area contributed by atoms with E-state index in [1.54, 1.807) is 6.33 Å². The van der Waals surface area contributed by atoms with Crippen LogP contribution in [0, 0.1) is 0 Å². The third-order valence-corrected chi connectivity index (χ3v) is 7.55. The highest BCUT2D eigenvalue weighted by Gasteiger charge is 2.43. The molecular weight excluding hydrogens is 570 g/mol. The van der Waals surface area contributed by atoms with E-state index in [9.17, 15) is 0 Å². The van der Waals surface area contributed by atoms with Gasteiger partial charge in [0.25, 0.3) is 0 Å². The molecule has 0 bridgehead atoms. The van der Waals surface area contributed by atoms with Gasteiger partial charge < -0.3 is 15.4 Å². The molecule has 2 aliphatic rings. The van der Waals surface area contributed by atoms with Crippen LogP contribution in [0.3, 0.4) is 0 Å². The minimum absolute atomic E-state index is 0.174. The first-order valence-corrected chi connectivity index (χ1v) is 13.1. The van der Waals surface area contributed by atoms with E-state index in [0.717, 1.165) is 61.6 Å². The van der Waals surface area contributed by atoms with Gasteiger partial charge in [0.1, 0.15) is 24.2 Å². The van der Waals surface area contributed by atoms with Crippen LogP contribution in [0.5, 0.6) is 5.75 Å². The molecule has 6 nitrogen and oxygen atoms in total. The van der Waals surface area contributed by atoms with Gasteiger partial charge in [0.15, 0.2) is 0 Å². The Morgan fingerprint density at radius 1 is 0.886 bits per heavy atom. The maximum absolute atomic E-state index is 6.75. The SMILES string of the molecule is NCCCN1C2=C(C(c3ccc(Br)cc3)Oc3ccccc32)C(c2ccc(Br)cc2)n2ncnc21. The largest absolute Gasteiger partial charge is 0.480 e. The number of benzene rings is 3. The van der Waals surface area contributed by atoms with Gasteiger partial charge in [-0.15, -0.1) is 0 Å². The molecule has 8 heteroatoms. The van der Waals surface area contributed by atoms with Crippen molar-refractivity contribution in [1.29, 1.82) is 0 Å². The monoisotopic (exact) mass is 591 g/mol. The third kappa shape index (κ3) is 3.90. The number of nitrogens with two attached hydrogens (primary N) is 1. The fraction of sp³-hybridized carbons (Fsp3) is 0.185. The summed E-state index contributed by atoms with van der Waals surface area (Å²) in [6.07, 6.45) is 2.18. The number of ether oxygens (including phenoxy) is 1. The van der Waals surface area contributed by atoms with Gasteiger partial charge in [-0.05, 0) is 60.5 Å². The summed E-state index contributed by atoms with van der Waals surface area (Å²) >= 11 is 7.16. The van der Waals surface area contributed by atoms with Crippen LogP contribution >= 0.6 is 31.9 Å². The van der Waals surface area contributed by atoms with Crippen LogP contribution in [0.25, 0.3) is 5.70 Å². The zero-order chi connectivity index (χ0) is 23.9. The van der Waals surface area contributed by atoms with Gasteiger partial charge in [-0.2, -0.15) is 10.1 Å². The minimum Gasteiger partial charge on any atom is -0.480 e. The van der Waals surface area contributed by atoms with Crippen molar-refractivity contribution in [3.05, 3.63) is 110 Å². The minimum atomic E-state index is -0.292. The van der Waals surface area contributed by atoms with Crippen LogP contribution in [0.4, 0.5) is 5.95 Å². The highest BCUT2D eigenvalue weighted by Crippen LogP contribution is 2.52. The first kappa shape index (κ1) is 22.5. The van der Waals surface area contributed by atoms with Crippen molar-refractivity contribution < 1.29 is 4.74 Å². The standard InChI is InChI=1S/C27H23Br2N5O/c28-19-10-6-17(7-11-19)24-23-25(33(15-3-14-30)27-31-16-32-34(24)27)21-4-1-2-5-22(21)35-26(23)18-8-12-20(29)13-9-18/h1-2,4-13,16,24,26H,3,14-15,30H2. The second-order valence-electron chi connectivity index (χ2n) is 8.60. The number of halogens is 2. The number of fused-ring (bicyclic) bond motifs is 3. The topological polar surface area (TPSA) is 69.2 Å². The highest BCUT2D eigenvalue weighted by atomic mass is 79.9. The van der Waals surface area contributed by atoms with Crippen molar-refractivity contribution in [2.75, 3.05) is 18.0 Å². The number of hydrogen-bond acceptors (Lipinski definition) is 5. The molecule has 6 rings (SSSR count). The van der Waals surface area contributed by atoms with Gasteiger partial charge in [0.2, 0.25) is 5.95 Å². The molecule has 2 unspecified atom stereocenters. The third-order valence-electron chi connectivity index (χ3n) is 6.49. The summed E-state index contributed by atoms with van der Waals surface area (Å²) in [5, 5.41) is 4.71. The quantitative estimate of drug-likeness (QED) is 0.303. The molecular formula is C27H23Br2N5O. The molecule has 0 spiro atoms. The Hall–Kier alpha value is -2.94. The number of anilines is 1. The van der Waals surface area contributed by atoms with E-state index in [0.29, 0.717) is 6.54 Å². The number of aromatic nitrogens is 3. The Morgan fingerprint density at radius 2 is 1.57 bits per heavy atom. The second kappa shape index (κ2) is 9.26. The van der Waals surface area contributed by atoms with Crippen molar-refractivity contribution in [2.24, 2.45) is 5.73 Å². The van der Waals surface area contributed by atoms with E-state index >= 15 is 0 Å². The second-order valence-corrected chi connectivity index (χ2v) is 10.4. The predicted molar refractivity (Wildman–Crippen MR) is 144 cm³/mol. The van der Waals surface area contributed by atoms with Crippen LogP contribution in [-0.2, 0) is 0 Å². The molecule has 176 valence electrons. The van der Waals surface area contributed by atoms with Crippen molar-refractivity contribution in [3.8, 4) is 5.75 Å². The number of para-hydroxylation sites is 1. The van der Waals surface area contributed by atoms with Gasteiger partial charge in [-0.1, -0.05) is 68.3 Å².